The topological polar surface area (TPSA) is 101 Å². The summed E-state index contributed by atoms with van der Waals surface area (Å²) < 4.78 is 6.61. The van der Waals surface area contributed by atoms with Crippen LogP contribution in [0.2, 0.25) is 0 Å². The van der Waals surface area contributed by atoms with Gasteiger partial charge in [-0.1, -0.05) is 36.0 Å². The van der Waals surface area contributed by atoms with Crippen LogP contribution in [0.25, 0.3) is 16.8 Å². The van der Waals surface area contributed by atoms with E-state index in [0.29, 0.717) is 22.2 Å². The molecule has 0 fully saturated rings. The van der Waals surface area contributed by atoms with E-state index in [1.807, 2.05) is 28.7 Å². The number of carbonyl (C=O) groups excluding carboxylic acids is 2. The Morgan fingerprint density at radius 1 is 1.19 bits per heavy atom. The van der Waals surface area contributed by atoms with Gasteiger partial charge in [-0.3, -0.25) is 9.20 Å². The van der Waals surface area contributed by atoms with Gasteiger partial charge in [-0.15, -0.1) is 5.10 Å². The maximum Gasteiger partial charge on any atom is 0.339 e. The number of aromatic amines is 1. The third-order valence-electron chi connectivity index (χ3n) is 3.94. The van der Waals surface area contributed by atoms with Gasteiger partial charge in [0, 0.05) is 0 Å². The van der Waals surface area contributed by atoms with E-state index in [4.69, 9.17) is 4.74 Å². The molecule has 136 valence electrons. The highest BCUT2D eigenvalue weighted by atomic mass is 32.2. The van der Waals surface area contributed by atoms with Gasteiger partial charge >= 0.3 is 5.97 Å². The fourth-order valence-electron chi connectivity index (χ4n) is 2.74. The Hall–Kier alpha value is -3.33. The Balaban J connectivity index is 1.51. The van der Waals surface area contributed by atoms with Crippen LogP contribution in [0.1, 0.15) is 10.4 Å². The highest BCUT2D eigenvalue weighted by Crippen LogP contribution is 2.23. The largest absolute Gasteiger partial charge is 0.465 e. The molecule has 0 aliphatic rings. The summed E-state index contributed by atoms with van der Waals surface area (Å²) >= 11 is 1.28. The number of fused-ring (bicyclic) bond motifs is 3. The number of hydrogen-bond donors (Lipinski definition) is 2. The van der Waals surface area contributed by atoms with Gasteiger partial charge in [0.25, 0.3) is 0 Å². The molecule has 2 aromatic heterocycles. The normalized spacial score (nSPS) is 11.0. The fourth-order valence-corrected chi connectivity index (χ4v) is 3.49. The van der Waals surface area contributed by atoms with Crippen LogP contribution in [0.4, 0.5) is 5.69 Å². The first kappa shape index (κ1) is 17.1. The Kier molecular flexibility index (Phi) is 4.51. The second-order valence-corrected chi connectivity index (χ2v) is 6.58. The molecule has 0 aliphatic carbocycles. The lowest BCUT2D eigenvalue weighted by Crippen LogP contribution is -2.17. The van der Waals surface area contributed by atoms with Crippen molar-refractivity contribution >= 4 is 46.1 Å². The van der Waals surface area contributed by atoms with E-state index >= 15 is 0 Å². The zero-order chi connectivity index (χ0) is 18.8. The summed E-state index contributed by atoms with van der Waals surface area (Å²) in [5.41, 5.74) is 2.49. The number of thioether (sulfide) groups is 1. The molecule has 2 aromatic carbocycles. The monoisotopic (exact) mass is 381 g/mol. The van der Waals surface area contributed by atoms with Gasteiger partial charge in [0.2, 0.25) is 11.7 Å². The molecule has 0 saturated carbocycles. The zero-order valence-electron chi connectivity index (χ0n) is 14.3. The number of rotatable bonds is 5. The Morgan fingerprint density at radius 2 is 1.96 bits per heavy atom. The highest BCUT2D eigenvalue weighted by Gasteiger charge is 2.16. The van der Waals surface area contributed by atoms with Crippen molar-refractivity contribution in [3.63, 3.8) is 0 Å². The second-order valence-electron chi connectivity index (χ2n) is 5.64. The number of benzene rings is 2. The molecular formula is C18H15N5O3S. The quantitative estimate of drug-likeness (QED) is 0.407. The number of methoxy groups -OCH3 is 1. The maximum atomic E-state index is 12.4. The lowest BCUT2D eigenvalue weighted by atomic mass is 10.2. The van der Waals surface area contributed by atoms with Gasteiger partial charge in [-0.2, -0.15) is 0 Å². The van der Waals surface area contributed by atoms with E-state index in [9.17, 15) is 9.59 Å². The van der Waals surface area contributed by atoms with Crippen LogP contribution in [0.3, 0.4) is 0 Å². The molecule has 2 N–H and O–H groups in total. The van der Waals surface area contributed by atoms with E-state index in [1.54, 1.807) is 24.3 Å². The number of imidazole rings is 1. The van der Waals surface area contributed by atoms with Gasteiger partial charge in [-0.25, -0.2) is 14.9 Å². The van der Waals surface area contributed by atoms with Gasteiger partial charge in [-0.05, 0) is 24.3 Å². The van der Waals surface area contributed by atoms with Crippen molar-refractivity contribution in [3.8, 4) is 0 Å². The molecule has 1 amide bonds. The van der Waals surface area contributed by atoms with E-state index in [1.165, 1.54) is 18.9 Å². The lowest BCUT2D eigenvalue weighted by Gasteiger charge is -2.09. The van der Waals surface area contributed by atoms with Crippen molar-refractivity contribution in [2.75, 3.05) is 18.2 Å². The van der Waals surface area contributed by atoms with E-state index in [2.05, 4.69) is 20.5 Å². The Labute approximate surface area is 157 Å². The third-order valence-corrected chi connectivity index (χ3v) is 4.88. The molecule has 4 aromatic rings. The molecule has 27 heavy (non-hydrogen) atoms. The molecule has 0 bridgehead atoms. The minimum atomic E-state index is -0.502. The number of H-pyrrole nitrogens is 1. The summed E-state index contributed by atoms with van der Waals surface area (Å²) in [5.74, 6) is -0.00775. The zero-order valence-corrected chi connectivity index (χ0v) is 15.1. The Bertz CT molecular complexity index is 1150. The SMILES string of the molecule is COC(=O)c1ccccc1NC(=O)CSc1n[nH]c2nc3ccccc3n12. The van der Waals surface area contributed by atoms with Crippen LogP contribution in [-0.4, -0.2) is 44.3 Å². The van der Waals surface area contributed by atoms with Gasteiger partial charge in [0.15, 0.2) is 5.16 Å². The first-order valence-corrected chi connectivity index (χ1v) is 9.07. The molecule has 9 heteroatoms. The van der Waals surface area contributed by atoms with E-state index in [0.717, 1.165) is 11.0 Å². The molecule has 0 aliphatic heterocycles. The van der Waals surface area contributed by atoms with Crippen molar-refractivity contribution in [1.29, 1.82) is 0 Å². The number of nitrogens with zero attached hydrogens (tertiary/aromatic N) is 3. The molecule has 0 saturated heterocycles. The summed E-state index contributed by atoms with van der Waals surface area (Å²) in [6, 6.07) is 14.4. The van der Waals surface area contributed by atoms with Crippen molar-refractivity contribution in [2.24, 2.45) is 0 Å². The summed E-state index contributed by atoms with van der Waals surface area (Å²) in [6.07, 6.45) is 0. The van der Waals surface area contributed by atoms with Crippen LogP contribution in [0.5, 0.6) is 0 Å². The van der Waals surface area contributed by atoms with Gasteiger partial charge in [0.05, 0.1) is 35.1 Å². The predicted octanol–water partition coefficient (Wildman–Crippen LogP) is 2.73. The van der Waals surface area contributed by atoms with Gasteiger partial charge in [0.1, 0.15) is 0 Å². The minimum absolute atomic E-state index is 0.127. The lowest BCUT2D eigenvalue weighted by molar-refractivity contribution is -0.113. The van der Waals surface area contributed by atoms with Crippen LogP contribution in [0.15, 0.2) is 53.7 Å². The average molecular weight is 381 g/mol. The molecule has 4 rings (SSSR count). The van der Waals surface area contributed by atoms with Crippen molar-refractivity contribution in [3.05, 3.63) is 54.1 Å². The average Bonchev–Trinajstić information content (AvgIpc) is 3.25. The smallest absolute Gasteiger partial charge is 0.339 e. The second kappa shape index (κ2) is 7.12. The number of esters is 1. The summed E-state index contributed by atoms with van der Waals surface area (Å²) in [4.78, 5) is 28.6. The van der Waals surface area contributed by atoms with E-state index in [-0.39, 0.29) is 11.7 Å². The van der Waals surface area contributed by atoms with Crippen LogP contribution in [-0.2, 0) is 9.53 Å². The molecular weight excluding hydrogens is 366 g/mol. The van der Waals surface area contributed by atoms with Gasteiger partial charge < -0.3 is 10.1 Å². The number of para-hydroxylation sites is 3. The number of amides is 1. The standard InChI is InChI=1S/C18H15N5O3S/c1-26-16(25)11-6-2-3-7-12(11)19-15(24)10-27-18-22-21-17-20-13-8-4-5-9-14(13)23(17)18/h2-9H,10H2,1H3,(H,19,24)(H,20,21). The number of anilines is 1. The highest BCUT2D eigenvalue weighted by molar-refractivity contribution is 7.99. The molecule has 0 unspecified atom stereocenters. The van der Waals surface area contributed by atoms with Crippen molar-refractivity contribution < 1.29 is 14.3 Å². The Morgan fingerprint density at radius 3 is 2.81 bits per heavy atom. The molecule has 0 radical (unpaired) electrons. The van der Waals surface area contributed by atoms with Crippen molar-refractivity contribution in [2.45, 2.75) is 5.16 Å². The number of ether oxygens (including phenoxy) is 1. The van der Waals surface area contributed by atoms with E-state index < -0.39 is 5.97 Å². The molecule has 0 spiro atoms. The van der Waals surface area contributed by atoms with Crippen molar-refractivity contribution in [1.82, 2.24) is 19.6 Å². The number of nitrogens with one attached hydrogen (secondary N) is 2. The molecule has 8 nitrogen and oxygen atoms in total. The number of hydrogen-bond acceptors (Lipinski definition) is 6. The summed E-state index contributed by atoms with van der Waals surface area (Å²) in [5, 5.41) is 10.5. The first-order chi connectivity index (χ1) is 13.2. The van der Waals surface area contributed by atoms with Crippen LogP contribution in [0, 0.1) is 0 Å². The maximum absolute atomic E-state index is 12.4. The number of aromatic nitrogens is 4. The molecule has 2 heterocycles. The predicted molar refractivity (Wildman–Crippen MR) is 102 cm³/mol. The summed E-state index contributed by atoms with van der Waals surface area (Å²) in [7, 11) is 1.30. The summed E-state index contributed by atoms with van der Waals surface area (Å²) in [6.45, 7) is 0. The fraction of sp³-hybridized carbons (Fsp3) is 0.111. The third kappa shape index (κ3) is 3.24. The van der Waals surface area contributed by atoms with Crippen LogP contribution >= 0.6 is 11.8 Å². The van der Waals surface area contributed by atoms with Crippen LogP contribution < -0.4 is 5.32 Å². The number of carbonyl (C=O) groups is 2. The first-order valence-electron chi connectivity index (χ1n) is 8.09. The minimum Gasteiger partial charge on any atom is -0.465 e. The molecule has 0 atom stereocenters.